The highest BCUT2D eigenvalue weighted by atomic mass is 16.5. The van der Waals surface area contributed by atoms with Gasteiger partial charge in [-0.2, -0.15) is 0 Å². The van der Waals surface area contributed by atoms with Gasteiger partial charge in [-0.25, -0.2) is 0 Å². The number of carbonyl (C=O) groups excluding carboxylic acids is 2. The molecule has 1 unspecified atom stereocenters. The van der Waals surface area contributed by atoms with Gasteiger partial charge in [0.1, 0.15) is 11.5 Å². The van der Waals surface area contributed by atoms with Gasteiger partial charge in [-0.15, -0.1) is 0 Å². The summed E-state index contributed by atoms with van der Waals surface area (Å²) in [5.41, 5.74) is 3.29. The third-order valence-electron chi connectivity index (χ3n) is 6.90. The Hall–Kier alpha value is -4.26. The van der Waals surface area contributed by atoms with Gasteiger partial charge in [0.25, 0.3) is 11.7 Å². The Labute approximate surface area is 235 Å². The first-order valence-electron chi connectivity index (χ1n) is 13.6. The number of carbonyl (C=O) groups is 2. The Morgan fingerprint density at radius 2 is 1.62 bits per heavy atom. The molecule has 1 fully saturated rings. The molecule has 0 aromatic heterocycles. The van der Waals surface area contributed by atoms with Crippen LogP contribution in [0.2, 0.25) is 0 Å². The molecule has 1 amide bonds. The van der Waals surface area contributed by atoms with E-state index in [1.54, 1.807) is 37.3 Å². The van der Waals surface area contributed by atoms with Crippen molar-refractivity contribution in [2.45, 2.75) is 53.5 Å². The molecule has 7 heteroatoms. The van der Waals surface area contributed by atoms with Crippen LogP contribution in [0, 0.1) is 12.8 Å². The van der Waals surface area contributed by atoms with E-state index in [0.717, 1.165) is 11.1 Å². The summed E-state index contributed by atoms with van der Waals surface area (Å²) in [5.74, 6) is -0.323. The number of ketones is 1. The quantitative estimate of drug-likeness (QED) is 0.173. The third-order valence-corrected chi connectivity index (χ3v) is 6.90. The highest BCUT2D eigenvalue weighted by Crippen LogP contribution is 2.44. The molecule has 1 aliphatic rings. The van der Waals surface area contributed by atoms with E-state index < -0.39 is 17.7 Å². The van der Waals surface area contributed by atoms with E-state index in [0.29, 0.717) is 47.6 Å². The average Bonchev–Trinajstić information content (AvgIpc) is 3.18. The van der Waals surface area contributed by atoms with Crippen molar-refractivity contribution in [2.75, 3.05) is 18.1 Å². The zero-order valence-electron chi connectivity index (χ0n) is 23.9. The van der Waals surface area contributed by atoms with Crippen LogP contribution in [0.3, 0.4) is 0 Å². The number of benzene rings is 3. The van der Waals surface area contributed by atoms with Gasteiger partial charge in [-0.05, 0) is 84.8 Å². The van der Waals surface area contributed by atoms with Crippen LogP contribution in [-0.2, 0) is 9.59 Å². The molecule has 3 aromatic carbocycles. The maximum absolute atomic E-state index is 13.6. The van der Waals surface area contributed by atoms with Crippen LogP contribution < -0.4 is 14.4 Å². The number of aryl methyl sites for hydroxylation is 1. The first kappa shape index (κ1) is 28.7. The number of aliphatic hydroxyl groups excluding tert-OH is 1. The number of hydrogen-bond acceptors (Lipinski definition) is 6. The fourth-order valence-corrected chi connectivity index (χ4v) is 4.78. The molecule has 0 aliphatic carbocycles. The molecule has 1 saturated heterocycles. The lowest BCUT2D eigenvalue weighted by molar-refractivity contribution is -0.132. The van der Waals surface area contributed by atoms with Crippen LogP contribution in [0.1, 0.15) is 68.8 Å². The number of rotatable bonds is 9. The van der Waals surface area contributed by atoms with Crippen molar-refractivity contribution in [2.24, 2.45) is 5.92 Å². The minimum Gasteiger partial charge on any atom is -0.507 e. The minimum atomic E-state index is -0.943. The lowest BCUT2D eigenvalue weighted by Gasteiger charge is -2.26. The molecule has 1 atom stereocenters. The average molecular weight is 544 g/mol. The summed E-state index contributed by atoms with van der Waals surface area (Å²) in [6.07, 6.45) is 0. The Morgan fingerprint density at radius 1 is 0.925 bits per heavy atom. The maximum atomic E-state index is 13.6. The molecule has 0 radical (unpaired) electrons. The predicted octanol–water partition coefficient (Wildman–Crippen LogP) is 6.88. The van der Waals surface area contributed by atoms with Crippen LogP contribution in [0.5, 0.6) is 17.2 Å². The zero-order chi connectivity index (χ0) is 29.1. The number of hydrogen-bond donors (Lipinski definition) is 2. The number of aromatic hydroxyl groups is 1. The summed E-state index contributed by atoms with van der Waals surface area (Å²) < 4.78 is 11.5. The van der Waals surface area contributed by atoms with Crippen molar-refractivity contribution >= 4 is 23.1 Å². The van der Waals surface area contributed by atoms with E-state index in [1.807, 2.05) is 31.2 Å². The summed E-state index contributed by atoms with van der Waals surface area (Å²) in [6, 6.07) is 16.4. The van der Waals surface area contributed by atoms with Gasteiger partial charge < -0.3 is 19.7 Å². The zero-order valence-corrected chi connectivity index (χ0v) is 23.9. The summed E-state index contributed by atoms with van der Waals surface area (Å²) in [4.78, 5) is 28.5. The van der Waals surface area contributed by atoms with E-state index in [-0.39, 0.29) is 22.8 Å². The summed E-state index contributed by atoms with van der Waals surface area (Å²) >= 11 is 0. The van der Waals surface area contributed by atoms with E-state index in [1.165, 1.54) is 11.0 Å². The first-order valence-corrected chi connectivity index (χ1v) is 13.6. The first-order chi connectivity index (χ1) is 19.0. The fourth-order valence-electron chi connectivity index (χ4n) is 4.78. The van der Waals surface area contributed by atoms with Crippen LogP contribution >= 0.6 is 0 Å². The van der Waals surface area contributed by atoms with Gasteiger partial charge >= 0.3 is 0 Å². The van der Waals surface area contributed by atoms with Crippen molar-refractivity contribution in [3.63, 3.8) is 0 Å². The van der Waals surface area contributed by atoms with Crippen LogP contribution in [0.4, 0.5) is 5.69 Å². The van der Waals surface area contributed by atoms with Gasteiger partial charge in [0, 0.05) is 11.3 Å². The molecule has 40 heavy (non-hydrogen) atoms. The molecule has 4 rings (SSSR count). The van der Waals surface area contributed by atoms with Gasteiger partial charge in [-0.1, -0.05) is 45.9 Å². The summed E-state index contributed by atoms with van der Waals surface area (Å²) in [6.45, 7) is 12.8. The Balaban J connectivity index is 1.87. The molecular weight excluding hydrogens is 506 g/mol. The van der Waals surface area contributed by atoms with Crippen molar-refractivity contribution in [1.29, 1.82) is 0 Å². The van der Waals surface area contributed by atoms with Gasteiger partial charge in [0.2, 0.25) is 0 Å². The van der Waals surface area contributed by atoms with Crippen LogP contribution in [0.15, 0.2) is 66.2 Å². The second-order valence-corrected chi connectivity index (χ2v) is 10.8. The second kappa shape index (κ2) is 11.9. The number of phenolic OH excluding ortho intramolecular Hbond substituents is 1. The van der Waals surface area contributed by atoms with E-state index in [9.17, 15) is 19.8 Å². The number of nitrogens with zero attached hydrogens (tertiary/aromatic N) is 1. The Bertz CT molecular complexity index is 1440. The minimum absolute atomic E-state index is 0.0404. The standard InChI is InChI=1S/C33H37NO6/c1-7-39-28-17-23(10-14-26(28)35)30-29(31(36)24-11-15-27(21(6)16-24)40-18-19(2)3)32(37)33(38)34(30)25-12-8-22(9-13-25)20(4)5/h8-17,19-20,30,35-36H,7,18H2,1-6H3/b31-29-. The van der Waals surface area contributed by atoms with Crippen molar-refractivity contribution in [1.82, 2.24) is 0 Å². The molecule has 2 N–H and O–H groups in total. The lowest BCUT2D eigenvalue weighted by Crippen LogP contribution is -2.29. The van der Waals surface area contributed by atoms with Crippen molar-refractivity contribution in [3.8, 4) is 17.2 Å². The highest BCUT2D eigenvalue weighted by Gasteiger charge is 2.47. The number of Topliss-reactive ketones (excluding diaryl/α,β-unsaturated/α-hetero) is 1. The van der Waals surface area contributed by atoms with Crippen LogP contribution in [0.25, 0.3) is 5.76 Å². The van der Waals surface area contributed by atoms with E-state index in [2.05, 4.69) is 27.7 Å². The monoisotopic (exact) mass is 543 g/mol. The molecule has 7 nitrogen and oxygen atoms in total. The molecule has 0 saturated carbocycles. The van der Waals surface area contributed by atoms with E-state index >= 15 is 0 Å². The number of phenols is 1. The molecule has 0 spiro atoms. The van der Waals surface area contributed by atoms with Crippen LogP contribution in [-0.4, -0.2) is 35.1 Å². The largest absolute Gasteiger partial charge is 0.507 e. The molecular formula is C33H37NO6. The summed E-state index contributed by atoms with van der Waals surface area (Å²) in [5, 5.41) is 21.9. The number of ether oxygens (including phenoxy) is 2. The number of amides is 1. The third kappa shape index (κ3) is 5.69. The molecule has 1 aliphatic heterocycles. The Kier molecular flexibility index (Phi) is 8.52. The predicted molar refractivity (Wildman–Crippen MR) is 156 cm³/mol. The van der Waals surface area contributed by atoms with Crippen molar-refractivity contribution in [3.05, 3.63) is 88.5 Å². The highest BCUT2D eigenvalue weighted by molar-refractivity contribution is 6.51. The molecule has 3 aromatic rings. The number of aliphatic hydroxyl groups is 1. The molecule has 0 bridgehead atoms. The topological polar surface area (TPSA) is 96.3 Å². The van der Waals surface area contributed by atoms with Gasteiger partial charge in [-0.3, -0.25) is 14.5 Å². The number of anilines is 1. The van der Waals surface area contributed by atoms with Crippen molar-refractivity contribution < 1.29 is 29.3 Å². The molecule has 1 heterocycles. The fraction of sp³-hybridized carbons (Fsp3) is 0.333. The van der Waals surface area contributed by atoms with Gasteiger partial charge in [0.05, 0.1) is 24.8 Å². The smallest absolute Gasteiger partial charge is 0.300 e. The normalized spacial score (nSPS) is 16.7. The second-order valence-electron chi connectivity index (χ2n) is 10.8. The molecule has 210 valence electrons. The maximum Gasteiger partial charge on any atom is 0.300 e. The SMILES string of the molecule is CCOc1cc(C2/C(=C(/O)c3ccc(OCC(C)C)c(C)c3)C(=O)C(=O)N2c2ccc(C(C)C)cc2)ccc1O. The summed E-state index contributed by atoms with van der Waals surface area (Å²) in [7, 11) is 0. The Morgan fingerprint density at radius 3 is 2.23 bits per heavy atom. The lowest BCUT2D eigenvalue weighted by atomic mass is 9.94. The van der Waals surface area contributed by atoms with Gasteiger partial charge in [0.15, 0.2) is 11.5 Å². The van der Waals surface area contributed by atoms with E-state index in [4.69, 9.17) is 9.47 Å².